The summed E-state index contributed by atoms with van der Waals surface area (Å²) in [6, 6.07) is 8.25. The normalized spacial score (nSPS) is 10.7. The second-order valence-electron chi connectivity index (χ2n) is 4.49. The van der Waals surface area contributed by atoms with Gasteiger partial charge in [0.1, 0.15) is 5.75 Å². The van der Waals surface area contributed by atoms with E-state index in [0.717, 1.165) is 31.0 Å². The first-order valence-electron chi connectivity index (χ1n) is 6.63. The zero-order valence-electron chi connectivity index (χ0n) is 11.8. The number of nitrogens with one attached hydrogen (secondary N) is 1. The molecule has 1 heterocycles. The number of aromatic nitrogens is 2. The van der Waals surface area contributed by atoms with Crippen LogP contribution in [0.25, 0.3) is 11.3 Å². The zero-order chi connectivity index (χ0) is 13.7. The summed E-state index contributed by atoms with van der Waals surface area (Å²) >= 11 is 0. The molecule has 0 aliphatic heterocycles. The molecule has 1 aromatic carbocycles. The standard InChI is InChI=1S/C15H21N3O/c1-4-9-18-15(7-8-17-18)14-6-5-13(19-3)10-12(14)11-16-2/h5-8,10,16H,4,9,11H2,1-3H3. The predicted molar refractivity (Wildman–Crippen MR) is 77.3 cm³/mol. The van der Waals surface area contributed by atoms with E-state index in [1.165, 1.54) is 11.1 Å². The van der Waals surface area contributed by atoms with Crippen molar-refractivity contribution in [1.82, 2.24) is 15.1 Å². The highest BCUT2D eigenvalue weighted by Gasteiger charge is 2.10. The van der Waals surface area contributed by atoms with Crippen LogP contribution in [0.15, 0.2) is 30.5 Å². The second-order valence-corrected chi connectivity index (χ2v) is 4.49. The molecule has 102 valence electrons. The minimum atomic E-state index is 0.809. The Balaban J connectivity index is 2.44. The fourth-order valence-electron chi connectivity index (χ4n) is 2.24. The molecule has 4 nitrogen and oxygen atoms in total. The van der Waals surface area contributed by atoms with Gasteiger partial charge in [-0.05, 0) is 43.3 Å². The highest BCUT2D eigenvalue weighted by molar-refractivity contribution is 5.65. The minimum Gasteiger partial charge on any atom is -0.497 e. The number of rotatable bonds is 6. The van der Waals surface area contributed by atoms with E-state index in [4.69, 9.17) is 4.74 Å². The van der Waals surface area contributed by atoms with Crippen LogP contribution in [0, 0.1) is 0 Å². The van der Waals surface area contributed by atoms with Crippen LogP contribution in [0.2, 0.25) is 0 Å². The molecule has 2 aromatic rings. The zero-order valence-corrected chi connectivity index (χ0v) is 11.8. The van der Waals surface area contributed by atoms with Crippen LogP contribution in [0.5, 0.6) is 5.75 Å². The fraction of sp³-hybridized carbons (Fsp3) is 0.400. The van der Waals surface area contributed by atoms with Crippen molar-refractivity contribution in [1.29, 1.82) is 0 Å². The van der Waals surface area contributed by atoms with Gasteiger partial charge >= 0.3 is 0 Å². The summed E-state index contributed by atoms with van der Waals surface area (Å²) in [7, 11) is 3.64. The molecule has 4 heteroatoms. The lowest BCUT2D eigenvalue weighted by molar-refractivity contribution is 0.414. The lowest BCUT2D eigenvalue weighted by Crippen LogP contribution is -2.08. The molecule has 0 saturated carbocycles. The van der Waals surface area contributed by atoms with Crippen molar-refractivity contribution in [3.05, 3.63) is 36.0 Å². The fourth-order valence-corrected chi connectivity index (χ4v) is 2.24. The lowest BCUT2D eigenvalue weighted by atomic mass is 10.0. The molecular weight excluding hydrogens is 238 g/mol. The molecule has 0 aliphatic rings. The van der Waals surface area contributed by atoms with Gasteiger partial charge in [-0.3, -0.25) is 4.68 Å². The van der Waals surface area contributed by atoms with Crippen molar-refractivity contribution in [3.63, 3.8) is 0 Å². The van der Waals surface area contributed by atoms with Crippen molar-refractivity contribution < 1.29 is 4.74 Å². The van der Waals surface area contributed by atoms with E-state index in [-0.39, 0.29) is 0 Å². The van der Waals surface area contributed by atoms with Crippen LogP contribution in [0.1, 0.15) is 18.9 Å². The third-order valence-electron chi connectivity index (χ3n) is 3.11. The maximum absolute atomic E-state index is 5.30. The summed E-state index contributed by atoms with van der Waals surface area (Å²) in [4.78, 5) is 0. The van der Waals surface area contributed by atoms with Crippen LogP contribution < -0.4 is 10.1 Å². The monoisotopic (exact) mass is 259 g/mol. The second kappa shape index (κ2) is 6.38. The molecule has 0 saturated heterocycles. The molecule has 1 aromatic heterocycles. The first-order valence-corrected chi connectivity index (χ1v) is 6.63. The number of hydrogen-bond donors (Lipinski definition) is 1. The molecule has 0 spiro atoms. The Hall–Kier alpha value is -1.81. The van der Waals surface area contributed by atoms with Crippen molar-refractivity contribution in [2.75, 3.05) is 14.2 Å². The van der Waals surface area contributed by atoms with Crippen molar-refractivity contribution in [2.24, 2.45) is 0 Å². The highest BCUT2D eigenvalue weighted by atomic mass is 16.5. The number of hydrogen-bond acceptors (Lipinski definition) is 3. The van der Waals surface area contributed by atoms with E-state index in [9.17, 15) is 0 Å². The van der Waals surface area contributed by atoms with Crippen LogP contribution in [0.4, 0.5) is 0 Å². The average molecular weight is 259 g/mol. The molecule has 0 radical (unpaired) electrons. The maximum atomic E-state index is 5.30. The van der Waals surface area contributed by atoms with Gasteiger partial charge in [0.2, 0.25) is 0 Å². The third-order valence-corrected chi connectivity index (χ3v) is 3.11. The summed E-state index contributed by atoms with van der Waals surface area (Å²) in [6.45, 7) is 3.91. The Morgan fingerprint density at radius 1 is 1.32 bits per heavy atom. The van der Waals surface area contributed by atoms with E-state index in [1.54, 1.807) is 7.11 Å². The quantitative estimate of drug-likeness (QED) is 0.867. The van der Waals surface area contributed by atoms with E-state index < -0.39 is 0 Å². The van der Waals surface area contributed by atoms with E-state index in [1.807, 2.05) is 19.3 Å². The van der Waals surface area contributed by atoms with Gasteiger partial charge < -0.3 is 10.1 Å². The summed E-state index contributed by atoms with van der Waals surface area (Å²) in [6.07, 6.45) is 2.94. The first kappa shape index (κ1) is 13.6. The molecule has 19 heavy (non-hydrogen) atoms. The summed E-state index contributed by atoms with van der Waals surface area (Å²) < 4.78 is 7.36. The van der Waals surface area contributed by atoms with Gasteiger partial charge in [-0.2, -0.15) is 5.10 Å². The Morgan fingerprint density at radius 2 is 2.16 bits per heavy atom. The van der Waals surface area contributed by atoms with Gasteiger partial charge in [0, 0.05) is 24.8 Å². The third kappa shape index (κ3) is 2.96. The van der Waals surface area contributed by atoms with Gasteiger partial charge in [-0.1, -0.05) is 6.92 Å². The Labute approximate surface area is 114 Å². The van der Waals surface area contributed by atoms with Crippen LogP contribution in [-0.4, -0.2) is 23.9 Å². The highest BCUT2D eigenvalue weighted by Crippen LogP contribution is 2.27. The predicted octanol–water partition coefficient (Wildman–Crippen LogP) is 2.69. The molecule has 1 N–H and O–H groups in total. The van der Waals surface area contributed by atoms with Gasteiger partial charge in [0.05, 0.1) is 12.8 Å². The SMILES string of the molecule is CCCn1nccc1-c1ccc(OC)cc1CNC. The number of benzene rings is 1. The molecular formula is C15H21N3O. The largest absolute Gasteiger partial charge is 0.497 e. The van der Waals surface area contributed by atoms with E-state index >= 15 is 0 Å². The Bertz CT molecular complexity index is 534. The number of nitrogens with zero attached hydrogens (tertiary/aromatic N) is 2. The van der Waals surface area contributed by atoms with Crippen molar-refractivity contribution in [2.45, 2.75) is 26.4 Å². The molecule has 0 fully saturated rings. The van der Waals surface area contributed by atoms with Gasteiger partial charge in [0.15, 0.2) is 0 Å². The first-order chi connectivity index (χ1) is 9.30. The molecule has 0 bridgehead atoms. The van der Waals surface area contributed by atoms with Crippen LogP contribution in [0.3, 0.4) is 0 Å². The average Bonchev–Trinajstić information content (AvgIpc) is 2.87. The Morgan fingerprint density at radius 3 is 2.84 bits per heavy atom. The molecule has 0 atom stereocenters. The molecule has 2 rings (SSSR count). The van der Waals surface area contributed by atoms with E-state index in [0.29, 0.717) is 0 Å². The van der Waals surface area contributed by atoms with Gasteiger partial charge in [-0.25, -0.2) is 0 Å². The van der Waals surface area contributed by atoms with Gasteiger partial charge in [-0.15, -0.1) is 0 Å². The lowest BCUT2D eigenvalue weighted by Gasteiger charge is -2.13. The Kier molecular flexibility index (Phi) is 4.58. The number of methoxy groups -OCH3 is 1. The smallest absolute Gasteiger partial charge is 0.119 e. The topological polar surface area (TPSA) is 39.1 Å². The number of ether oxygens (including phenoxy) is 1. The molecule has 0 amide bonds. The molecule has 0 aliphatic carbocycles. The number of aryl methyl sites for hydroxylation is 1. The van der Waals surface area contributed by atoms with Crippen LogP contribution in [-0.2, 0) is 13.1 Å². The minimum absolute atomic E-state index is 0.809. The van der Waals surface area contributed by atoms with E-state index in [2.05, 4.69) is 40.2 Å². The van der Waals surface area contributed by atoms with Crippen molar-refractivity contribution >= 4 is 0 Å². The molecule has 0 unspecified atom stereocenters. The maximum Gasteiger partial charge on any atom is 0.119 e. The summed E-state index contributed by atoms with van der Waals surface area (Å²) in [5.74, 6) is 0.885. The van der Waals surface area contributed by atoms with Crippen molar-refractivity contribution in [3.8, 4) is 17.0 Å². The van der Waals surface area contributed by atoms with Crippen LogP contribution >= 0.6 is 0 Å². The summed E-state index contributed by atoms with van der Waals surface area (Å²) in [5, 5.41) is 7.60. The summed E-state index contributed by atoms with van der Waals surface area (Å²) in [5.41, 5.74) is 3.59. The van der Waals surface area contributed by atoms with Gasteiger partial charge in [0.25, 0.3) is 0 Å².